The number of para-hydroxylation sites is 1. The number of rotatable bonds is 5. The molecule has 1 atom stereocenters. The third-order valence-electron chi connectivity index (χ3n) is 6.25. The van der Waals surface area contributed by atoms with E-state index in [-0.39, 0.29) is 11.5 Å². The van der Waals surface area contributed by atoms with Crippen molar-refractivity contribution in [2.45, 2.75) is 26.8 Å². The molecule has 0 saturated heterocycles. The van der Waals surface area contributed by atoms with Crippen molar-refractivity contribution < 1.29 is 9.21 Å². The lowest BCUT2D eigenvalue weighted by Crippen LogP contribution is -2.13. The second-order valence-electron chi connectivity index (χ2n) is 8.88. The fourth-order valence-corrected chi connectivity index (χ4v) is 4.71. The smallest absolute Gasteiger partial charge is 0.254 e. The van der Waals surface area contributed by atoms with Gasteiger partial charge in [0.1, 0.15) is 11.3 Å². The molecule has 7 heteroatoms. The molecule has 0 amide bonds. The van der Waals surface area contributed by atoms with E-state index >= 15 is 0 Å². The van der Waals surface area contributed by atoms with Crippen molar-refractivity contribution in [3.63, 3.8) is 0 Å². The van der Waals surface area contributed by atoms with Crippen LogP contribution in [0.1, 0.15) is 40.0 Å². The maximum atomic E-state index is 13.5. The predicted molar refractivity (Wildman–Crippen MR) is 140 cm³/mol. The van der Waals surface area contributed by atoms with E-state index in [1.165, 1.54) is 0 Å². The summed E-state index contributed by atoms with van der Waals surface area (Å²) < 4.78 is 8.24. The van der Waals surface area contributed by atoms with Crippen molar-refractivity contribution in [1.82, 2.24) is 9.78 Å². The Balaban J connectivity index is 1.68. The molecule has 6 nitrogen and oxygen atoms in total. The van der Waals surface area contributed by atoms with Gasteiger partial charge in [0.15, 0.2) is 5.43 Å². The van der Waals surface area contributed by atoms with Crippen LogP contribution < -0.4 is 10.7 Å². The number of carbonyl (C=O) groups excluding carboxylic acids is 1. The van der Waals surface area contributed by atoms with Gasteiger partial charge >= 0.3 is 0 Å². The first-order valence-electron chi connectivity index (χ1n) is 11.3. The summed E-state index contributed by atoms with van der Waals surface area (Å²) in [4.78, 5) is 25.3. The van der Waals surface area contributed by atoms with E-state index in [1.54, 1.807) is 29.8 Å². The topological polar surface area (TPSA) is 77.1 Å². The molecule has 0 saturated carbocycles. The number of fused-ring (bicyclic) bond motifs is 2. The largest absolute Gasteiger partial charge is 0.455 e. The molecule has 35 heavy (non-hydrogen) atoms. The number of halogens is 1. The van der Waals surface area contributed by atoms with Crippen molar-refractivity contribution in [3.05, 3.63) is 93.3 Å². The molecule has 1 N–H and O–H groups in total. The van der Waals surface area contributed by atoms with Gasteiger partial charge < -0.3 is 9.73 Å². The first-order chi connectivity index (χ1) is 16.7. The first kappa shape index (κ1) is 22.9. The van der Waals surface area contributed by atoms with Gasteiger partial charge in [-0.05, 0) is 74.3 Å². The molecule has 176 valence electrons. The number of benzene rings is 3. The molecule has 0 spiro atoms. The Hall–Kier alpha value is -3.90. The van der Waals surface area contributed by atoms with Gasteiger partial charge in [-0.25, -0.2) is 0 Å². The molecule has 0 radical (unpaired) electrons. The second kappa shape index (κ2) is 8.71. The molecule has 5 rings (SSSR count). The van der Waals surface area contributed by atoms with Crippen molar-refractivity contribution >= 4 is 44.4 Å². The lowest BCUT2D eigenvalue weighted by Gasteiger charge is -2.20. The number of carbonyl (C=O) groups is 1. The Kier molecular flexibility index (Phi) is 5.69. The summed E-state index contributed by atoms with van der Waals surface area (Å²) in [6.07, 6.45) is 1.93. The number of aryl methyl sites for hydroxylation is 2. The van der Waals surface area contributed by atoms with Gasteiger partial charge in [-0.1, -0.05) is 18.2 Å². The molecule has 2 aromatic heterocycles. The number of nitrogens with zero attached hydrogens (tertiary/aromatic N) is 2. The normalized spacial score (nSPS) is 12.3. The molecular weight excluding hydrogens is 462 g/mol. The molecule has 3 aromatic carbocycles. The lowest BCUT2D eigenvalue weighted by molar-refractivity contribution is 0.108. The molecule has 0 aliphatic carbocycles. The quantitative estimate of drug-likeness (QED) is 0.287. The third kappa shape index (κ3) is 4.10. The van der Waals surface area contributed by atoms with Crippen molar-refractivity contribution in [2.75, 3.05) is 5.32 Å². The minimum Gasteiger partial charge on any atom is -0.455 e. The molecule has 0 aliphatic rings. The number of hydrogen-bond donors (Lipinski definition) is 1. The van der Waals surface area contributed by atoms with Crippen LogP contribution in [0, 0.1) is 13.8 Å². The minimum absolute atomic E-state index is 0.0685. The van der Waals surface area contributed by atoms with E-state index < -0.39 is 5.24 Å². The van der Waals surface area contributed by atoms with Gasteiger partial charge in [-0.3, -0.25) is 14.3 Å². The maximum absolute atomic E-state index is 13.5. The molecule has 0 aliphatic heterocycles. The highest BCUT2D eigenvalue weighted by Crippen LogP contribution is 2.33. The fourth-order valence-electron chi connectivity index (χ4n) is 4.55. The Morgan fingerprint density at radius 1 is 1.11 bits per heavy atom. The van der Waals surface area contributed by atoms with Crippen LogP contribution in [0.3, 0.4) is 0 Å². The highest BCUT2D eigenvalue weighted by atomic mass is 35.5. The zero-order valence-corrected chi connectivity index (χ0v) is 20.6. The van der Waals surface area contributed by atoms with Gasteiger partial charge in [0.25, 0.3) is 5.24 Å². The molecular formula is C28H24ClN3O3. The monoisotopic (exact) mass is 485 g/mol. The average molecular weight is 486 g/mol. The number of nitrogens with one attached hydrogen (secondary N) is 1. The van der Waals surface area contributed by atoms with Crippen molar-refractivity contribution in [1.29, 1.82) is 0 Å². The number of hydrogen-bond acceptors (Lipinski definition) is 5. The Labute approximate surface area is 207 Å². The summed E-state index contributed by atoms with van der Waals surface area (Å²) in [5.74, 6) is 0.530. The van der Waals surface area contributed by atoms with Crippen molar-refractivity contribution in [3.8, 4) is 11.3 Å². The van der Waals surface area contributed by atoms with Crippen LogP contribution in [0.25, 0.3) is 33.2 Å². The van der Waals surface area contributed by atoms with Gasteiger partial charge in [0, 0.05) is 41.0 Å². The van der Waals surface area contributed by atoms with E-state index in [0.717, 1.165) is 27.6 Å². The van der Waals surface area contributed by atoms with E-state index in [4.69, 9.17) is 16.0 Å². The van der Waals surface area contributed by atoms with Crippen LogP contribution in [-0.2, 0) is 7.05 Å². The zero-order chi connectivity index (χ0) is 24.9. The van der Waals surface area contributed by atoms with Crippen LogP contribution in [0.2, 0.25) is 0 Å². The van der Waals surface area contributed by atoms with Crippen molar-refractivity contribution in [2.24, 2.45) is 7.05 Å². The Morgan fingerprint density at radius 3 is 2.66 bits per heavy atom. The second-order valence-corrected chi connectivity index (χ2v) is 9.22. The summed E-state index contributed by atoms with van der Waals surface area (Å²) in [5.41, 5.74) is 5.45. The van der Waals surface area contributed by atoms with E-state index in [9.17, 15) is 9.59 Å². The van der Waals surface area contributed by atoms with Gasteiger partial charge in [0.2, 0.25) is 0 Å². The molecule has 5 aromatic rings. The summed E-state index contributed by atoms with van der Waals surface area (Å²) >= 11 is 5.78. The van der Waals surface area contributed by atoms with Crippen LogP contribution in [0.15, 0.2) is 70.0 Å². The Morgan fingerprint density at radius 2 is 1.89 bits per heavy atom. The SMILES string of the molecule is Cc1cc([C@@H](C)Nc2ccccc2C(=O)Cl)c2oc(-c3ccc4nn(C)cc4c3)c(C)c(=O)c2c1. The van der Waals surface area contributed by atoms with Crippen LogP contribution in [0.5, 0.6) is 0 Å². The fraction of sp³-hybridized carbons (Fsp3) is 0.179. The summed E-state index contributed by atoms with van der Waals surface area (Å²) in [6.45, 7) is 5.70. The number of anilines is 1. The van der Waals surface area contributed by atoms with Crippen LogP contribution in [0.4, 0.5) is 5.69 Å². The van der Waals surface area contributed by atoms with E-state index in [2.05, 4.69) is 10.4 Å². The van der Waals surface area contributed by atoms with Gasteiger partial charge in [-0.15, -0.1) is 0 Å². The maximum Gasteiger partial charge on any atom is 0.254 e. The predicted octanol–water partition coefficient (Wildman–Crippen LogP) is 6.52. The highest BCUT2D eigenvalue weighted by molar-refractivity contribution is 6.68. The van der Waals surface area contributed by atoms with E-state index in [1.807, 2.05) is 63.5 Å². The summed E-state index contributed by atoms with van der Waals surface area (Å²) in [6, 6.07) is 16.5. The summed E-state index contributed by atoms with van der Waals surface area (Å²) in [5, 5.41) is 8.75. The standard InChI is InChI=1S/C28H24ClN3O3/c1-15-11-21(17(3)30-24-8-6-5-7-20(24)28(29)34)27-22(12-15)25(33)16(2)26(35-27)18-9-10-23-19(13-18)14-32(4)31-23/h5-14,17,30H,1-4H3/t17-/m1/s1. The van der Waals surface area contributed by atoms with Gasteiger partial charge in [0.05, 0.1) is 22.5 Å². The third-order valence-corrected chi connectivity index (χ3v) is 6.45. The van der Waals surface area contributed by atoms with Gasteiger partial charge in [-0.2, -0.15) is 5.10 Å². The molecule has 0 fully saturated rings. The average Bonchev–Trinajstić information content (AvgIpc) is 3.20. The Bertz CT molecular complexity index is 1680. The minimum atomic E-state index is -0.537. The van der Waals surface area contributed by atoms with Crippen LogP contribution >= 0.6 is 11.6 Å². The molecule has 0 bridgehead atoms. The molecule has 2 heterocycles. The van der Waals surface area contributed by atoms with Crippen LogP contribution in [-0.4, -0.2) is 15.0 Å². The highest BCUT2D eigenvalue weighted by Gasteiger charge is 2.20. The number of aromatic nitrogens is 2. The lowest BCUT2D eigenvalue weighted by atomic mass is 9.98. The van der Waals surface area contributed by atoms with E-state index in [0.29, 0.717) is 33.5 Å². The first-order valence-corrected chi connectivity index (χ1v) is 11.7. The zero-order valence-electron chi connectivity index (χ0n) is 19.8. The molecule has 0 unspecified atom stereocenters. The summed E-state index contributed by atoms with van der Waals surface area (Å²) in [7, 11) is 1.88.